The molecule has 0 radical (unpaired) electrons. The van der Waals surface area contributed by atoms with Gasteiger partial charge >= 0.3 is 0 Å². The summed E-state index contributed by atoms with van der Waals surface area (Å²) in [5.41, 5.74) is 4.83. The number of benzene rings is 2. The Hall–Kier alpha value is -3.06. The molecular weight excluding hydrogens is 517 g/mol. The molecule has 7 heteroatoms. The van der Waals surface area contributed by atoms with Crippen molar-refractivity contribution in [2.75, 3.05) is 5.01 Å². The van der Waals surface area contributed by atoms with Gasteiger partial charge in [-0.1, -0.05) is 37.6 Å². The number of aliphatic hydroxyl groups excluding tert-OH is 1. The minimum absolute atomic E-state index is 0.0784. The Morgan fingerprint density at radius 2 is 1.83 bits per heavy atom. The molecule has 6 nitrogen and oxygen atoms in total. The van der Waals surface area contributed by atoms with Crippen molar-refractivity contribution in [3.8, 4) is 0 Å². The Labute approximate surface area is 241 Å². The Bertz CT molecular complexity index is 1420. The van der Waals surface area contributed by atoms with E-state index in [1.165, 1.54) is 48.7 Å². The summed E-state index contributed by atoms with van der Waals surface area (Å²) in [5.74, 6) is 2.08. The first kappa shape index (κ1) is 26.8. The van der Waals surface area contributed by atoms with E-state index in [1.807, 2.05) is 11.1 Å². The fraction of sp³-hybridized carbons (Fsp3) is 0.559. The van der Waals surface area contributed by atoms with Gasteiger partial charge in [0.05, 0.1) is 22.8 Å². The molecule has 1 aliphatic heterocycles. The van der Waals surface area contributed by atoms with Crippen molar-refractivity contribution in [3.63, 3.8) is 0 Å². The van der Waals surface area contributed by atoms with Gasteiger partial charge in [-0.2, -0.15) is 5.10 Å². The van der Waals surface area contributed by atoms with Gasteiger partial charge in [0.1, 0.15) is 5.82 Å². The summed E-state index contributed by atoms with van der Waals surface area (Å²) in [6.07, 6.45) is 11.7. The van der Waals surface area contributed by atoms with Crippen LogP contribution in [0.1, 0.15) is 83.2 Å². The summed E-state index contributed by atoms with van der Waals surface area (Å²) in [6.45, 7) is 4.98. The number of aliphatic hydroxyl groups is 1. The summed E-state index contributed by atoms with van der Waals surface area (Å²) in [4.78, 5) is 11.2. The molecule has 3 saturated carbocycles. The van der Waals surface area contributed by atoms with Crippen LogP contribution in [0.3, 0.4) is 0 Å². The third-order valence-corrected chi connectivity index (χ3v) is 12.0. The molecular formula is C34H40FN3O3. The van der Waals surface area contributed by atoms with Gasteiger partial charge in [0.2, 0.25) is 0 Å². The smallest absolute Gasteiger partial charge is 0.269 e. The summed E-state index contributed by atoms with van der Waals surface area (Å²) >= 11 is 0. The van der Waals surface area contributed by atoms with Crippen LogP contribution < -0.4 is 5.01 Å². The van der Waals surface area contributed by atoms with Crippen molar-refractivity contribution in [3.05, 3.63) is 81.7 Å². The molecule has 0 aromatic heterocycles. The molecule has 0 spiro atoms. The summed E-state index contributed by atoms with van der Waals surface area (Å²) in [6, 6.07) is 13.1. The maximum absolute atomic E-state index is 13.8. The predicted molar refractivity (Wildman–Crippen MR) is 158 cm³/mol. The van der Waals surface area contributed by atoms with Crippen LogP contribution >= 0.6 is 0 Å². The summed E-state index contributed by atoms with van der Waals surface area (Å²) in [7, 11) is 0. The lowest BCUT2D eigenvalue weighted by Crippen LogP contribution is -2.51. The molecule has 1 heterocycles. The summed E-state index contributed by atoms with van der Waals surface area (Å²) < 4.78 is 13.8. The van der Waals surface area contributed by atoms with Gasteiger partial charge in [-0.15, -0.1) is 0 Å². The van der Waals surface area contributed by atoms with Crippen molar-refractivity contribution >= 4 is 17.1 Å². The minimum Gasteiger partial charge on any atom is -0.393 e. The standard InChI is InChI=1S/C34H40FN3O3/c1-33-16-14-26(39)19-22(33)6-11-27-28-12-13-30(34(28,2)17-15-29(27)33)31-20-32(21-4-3-5-25(18-21)38(40)41)37(36-31)24-9-7-23(35)8-10-24/h3-10,18,26-30,32,39H,11-17,19-20H2,1-2H3/t26-,27-,28-,29-,30+,32?,33-,34-/m0/s1. The number of nitrogens with zero attached hydrogens (tertiary/aromatic N) is 3. The van der Waals surface area contributed by atoms with Gasteiger partial charge < -0.3 is 5.11 Å². The molecule has 0 saturated heterocycles. The number of hydrogen-bond acceptors (Lipinski definition) is 5. The highest BCUT2D eigenvalue weighted by Crippen LogP contribution is 2.67. The maximum Gasteiger partial charge on any atom is 0.269 e. The lowest BCUT2D eigenvalue weighted by atomic mass is 9.47. The van der Waals surface area contributed by atoms with Crippen LogP contribution in [-0.2, 0) is 0 Å². The van der Waals surface area contributed by atoms with E-state index in [2.05, 4.69) is 19.9 Å². The Kier molecular flexibility index (Phi) is 6.38. The molecule has 7 rings (SSSR count). The van der Waals surface area contributed by atoms with E-state index < -0.39 is 0 Å². The quantitative estimate of drug-likeness (QED) is 0.235. The van der Waals surface area contributed by atoms with E-state index in [9.17, 15) is 19.6 Å². The first-order chi connectivity index (χ1) is 19.7. The van der Waals surface area contributed by atoms with E-state index in [-0.39, 0.29) is 39.4 Å². The van der Waals surface area contributed by atoms with Crippen LogP contribution in [0.25, 0.3) is 0 Å². The molecule has 0 bridgehead atoms. The highest BCUT2D eigenvalue weighted by molar-refractivity contribution is 5.92. The van der Waals surface area contributed by atoms with Gasteiger partial charge in [0.25, 0.3) is 5.69 Å². The van der Waals surface area contributed by atoms with E-state index in [4.69, 9.17) is 5.10 Å². The number of hydrogen-bond donors (Lipinski definition) is 1. The average Bonchev–Trinajstić information content (AvgIpc) is 3.55. The fourth-order valence-electron chi connectivity index (χ4n) is 9.87. The lowest BCUT2D eigenvalue weighted by molar-refractivity contribution is -0.384. The van der Waals surface area contributed by atoms with E-state index in [0.29, 0.717) is 23.7 Å². The first-order valence-corrected chi connectivity index (χ1v) is 15.4. The number of fused-ring (bicyclic) bond motifs is 5. The number of anilines is 1. The SMILES string of the molecule is C[C@]12CC[C@H]3[C@@H](CC=C4C[C@@H](O)CC[C@@]43C)[C@@H]1CC[C@@H]2C1=NN(c2ccc(F)cc2)C(c2cccc([N+](=O)[O-])c2)C1. The molecule has 8 atom stereocenters. The van der Waals surface area contributed by atoms with E-state index in [1.54, 1.807) is 24.3 Å². The Morgan fingerprint density at radius 3 is 2.61 bits per heavy atom. The molecule has 41 heavy (non-hydrogen) atoms. The minimum atomic E-state index is -0.346. The molecule has 3 fully saturated rings. The fourth-order valence-corrected chi connectivity index (χ4v) is 9.87. The zero-order chi connectivity index (χ0) is 28.5. The van der Waals surface area contributed by atoms with Gasteiger partial charge in [-0.05, 0) is 110 Å². The number of rotatable bonds is 4. The third-order valence-electron chi connectivity index (χ3n) is 12.0. The predicted octanol–water partition coefficient (Wildman–Crippen LogP) is 7.98. The molecule has 0 amide bonds. The number of nitro groups is 1. The molecule has 5 aliphatic rings. The van der Waals surface area contributed by atoms with E-state index in [0.717, 1.165) is 49.8 Å². The number of halogens is 1. The van der Waals surface area contributed by atoms with Gasteiger partial charge in [0, 0.05) is 30.2 Å². The van der Waals surface area contributed by atoms with Gasteiger partial charge in [0.15, 0.2) is 0 Å². The molecule has 216 valence electrons. The zero-order valence-electron chi connectivity index (χ0n) is 24.0. The number of allylic oxidation sites excluding steroid dienone is 1. The van der Waals surface area contributed by atoms with Crippen molar-refractivity contribution in [1.29, 1.82) is 0 Å². The molecule has 4 aliphatic carbocycles. The molecule has 1 N–H and O–H groups in total. The highest BCUT2D eigenvalue weighted by Gasteiger charge is 2.59. The zero-order valence-corrected chi connectivity index (χ0v) is 24.0. The highest BCUT2D eigenvalue weighted by atomic mass is 19.1. The van der Waals surface area contributed by atoms with Gasteiger partial charge in [-0.3, -0.25) is 15.1 Å². The van der Waals surface area contributed by atoms with Crippen LogP contribution in [0.4, 0.5) is 15.8 Å². The topological polar surface area (TPSA) is 79.0 Å². The first-order valence-electron chi connectivity index (χ1n) is 15.4. The lowest BCUT2D eigenvalue weighted by Gasteiger charge is -2.58. The second-order valence-electron chi connectivity index (χ2n) is 13.8. The van der Waals surface area contributed by atoms with Crippen LogP contribution in [0.5, 0.6) is 0 Å². The Morgan fingerprint density at radius 1 is 1.02 bits per heavy atom. The van der Waals surface area contributed by atoms with Crippen molar-refractivity contribution in [2.45, 2.75) is 83.8 Å². The van der Waals surface area contributed by atoms with Crippen molar-refractivity contribution in [2.24, 2.45) is 39.6 Å². The van der Waals surface area contributed by atoms with Crippen molar-refractivity contribution < 1.29 is 14.4 Å². The van der Waals surface area contributed by atoms with Crippen LogP contribution in [-0.4, -0.2) is 21.8 Å². The monoisotopic (exact) mass is 557 g/mol. The average molecular weight is 558 g/mol. The molecule has 2 aromatic rings. The normalized spacial score (nSPS) is 38.0. The largest absolute Gasteiger partial charge is 0.393 e. The maximum atomic E-state index is 13.8. The van der Waals surface area contributed by atoms with E-state index >= 15 is 0 Å². The number of hydrazone groups is 1. The third kappa shape index (κ3) is 4.26. The molecule has 1 unspecified atom stereocenters. The Balaban J connectivity index is 1.20. The second kappa shape index (κ2) is 9.75. The number of non-ortho nitro benzene ring substituents is 1. The number of nitro benzene ring substituents is 1. The van der Waals surface area contributed by atoms with Crippen LogP contribution in [0, 0.1) is 50.4 Å². The second-order valence-corrected chi connectivity index (χ2v) is 13.8. The van der Waals surface area contributed by atoms with Crippen LogP contribution in [0.15, 0.2) is 65.3 Å². The summed E-state index contributed by atoms with van der Waals surface area (Å²) in [5, 5.41) is 29.2. The van der Waals surface area contributed by atoms with Crippen molar-refractivity contribution in [1.82, 2.24) is 0 Å². The van der Waals surface area contributed by atoms with Gasteiger partial charge in [-0.25, -0.2) is 4.39 Å². The van der Waals surface area contributed by atoms with Crippen LogP contribution in [0.2, 0.25) is 0 Å². The molecule has 2 aromatic carbocycles.